The van der Waals surface area contributed by atoms with Crippen LogP contribution in [0.2, 0.25) is 0 Å². The van der Waals surface area contributed by atoms with E-state index in [1.807, 2.05) is 7.11 Å². The van der Waals surface area contributed by atoms with Gasteiger partial charge in [-0.05, 0) is 112 Å². The Bertz CT molecular complexity index is 708. The van der Waals surface area contributed by atoms with Crippen LogP contribution in [0.25, 0.3) is 0 Å². The van der Waals surface area contributed by atoms with E-state index in [9.17, 15) is 15.0 Å². The number of aliphatic hydroxyl groups excluding tert-OH is 1. The first-order valence-corrected chi connectivity index (χ1v) is 13.6. The second-order valence-electron chi connectivity index (χ2n) is 12.8. The molecule has 11 unspecified atom stereocenters. The number of rotatable bonds is 7. The molecule has 0 saturated heterocycles. The van der Waals surface area contributed by atoms with Gasteiger partial charge < -0.3 is 19.7 Å². The van der Waals surface area contributed by atoms with E-state index in [1.54, 1.807) is 0 Å². The molecule has 0 aromatic heterocycles. The van der Waals surface area contributed by atoms with Crippen molar-refractivity contribution in [1.82, 2.24) is 0 Å². The SMILES string of the molecule is COC1CCC2(C)C(C1)CC(OC(C)C)C1C2CC(O)C2(C)C(C(C)CCC(=O)O)CCC12. The van der Waals surface area contributed by atoms with Gasteiger partial charge in [-0.25, -0.2) is 0 Å². The number of hydrogen-bond donors (Lipinski definition) is 2. The minimum absolute atomic E-state index is 0.148. The maximum absolute atomic E-state index is 11.8. The molecule has 4 aliphatic rings. The van der Waals surface area contributed by atoms with Crippen LogP contribution in [0, 0.1) is 46.3 Å². The number of aliphatic hydroxyl groups is 1. The van der Waals surface area contributed by atoms with Crippen molar-refractivity contribution in [3.8, 4) is 0 Å². The minimum atomic E-state index is -0.714. The molecule has 0 aliphatic heterocycles. The van der Waals surface area contributed by atoms with E-state index in [0.717, 1.165) is 38.5 Å². The van der Waals surface area contributed by atoms with Gasteiger partial charge in [-0.15, -0.1) is 0 Å². The molecule has 0 aromatic rings. The second-order valence-corrected chi connectivity index (χ2v) is 12.8. The molecule has 0 radical (unpaired) electrons. The number of fused-ring (bicyclic) bond motifs is 5. The fraction of sp³-hybridized carbons (Fsp3) is 0.964. The van der Waals surface area contributed by atoms with Gasteiger partial charge >= 0.3 is 5.97 Å². The smallest absolute Gasteiger partial charge is 0.303 e. The van der Waals surface area contributed by atoms with Gasteiger partial charge in [0.2, 0.25) is 0 Å². The summed E-state index contributed by atoms with van der Waals surface area (Å²) in [7, 11) is 1.85. The van der Waals surface area contributed by atoms with Crippen molar-refractivity contribution in [3.05, 3.63) is 0 Å². The molecule has 0 aromatic carbocycles. The predicted molar refractivity (Wildman–Crippen MR) is 129 cm³/mol. The fourth-order valence-electron chi connectivity index (χ4n) is 9.35. The normalized spacial score (nSPS) is 48.1. The van der Waals surface area contributed by atoms with Crippen molar-refractivity contribution >= 4 is 5.97 Å². The van der Waals surface area contributed by atoms with Gasteiger partial charge in [0.05, 0.1) is 24.4 Å². The average molecular weight is 465 g/mol. The third-order valence-corrected chi connectivity index (χ3v) is 11.1. The van der Waals surface area contributed by atoms with E-state index >= 15 is 0 Å². The molecule has 5 nitrogen and oxygen atoms in total. The van der Waals surface area contributed by atoms with Gasteiger partial charge in [-0.3, -0.25) is 4.79 Å². The molecule has 11 atom stereocenters. The maximum Gasteiger partial charge on any atom is 0.303 e. The summed E-state index contributed by atoms with van der Waals surface area (Å²) in [5.41, 5.74) is 0.0937. The van der Waals surface area contributed by atoms with Crippen molar-refractivity contribution in [1.29, 1.82) is 0 Å². The monoisotopic (exact) mass is 464 g/mol. The number of carbonyl (C=O) groups is 1. The van der Waals surface area contributed by atoms with E-state index in [-0.39, 0.29) is 35.6 Å². The lowest BCUT2D eigenvalue weighted by Gasteiger charge is -2.64. The summed E-state index contributed by atoms with van der Waals surface area (Å²) in [6.07, 6.45) is 9.02. The van der Waals surface area contributed by atoms with Crippen LogP contribution < -0.4 is 0 Å². The Morgan fingerprint density at radius 2 is 1.79 bits per heavy atom. The van der Waals surface area contributed by atoms with E-state index in [4.69, 9.17) is 9.47 Å². The van der Waals surface area contributed by atoms with Crippen molar-refractivity contribution < 1.29 is 24.5 Å². The molecule has 0 heterocycles. The van der Waals surface area contributed by atoms with Crippen molar-refractivity contribution in [3.63, 3.8) is 0 Å². The van der Waals surface area contributed by atoms with Gasteiger partial charge in [0, 0.05) is 13.5 Å². The minimum Gasteiger partial charge on any atom is -0.481 e. The van der Waals surface area contributed by atoms with E-state index < -0.39 is 5.97 Å². The number of aliphatic carboxylic acids is 1. The van der Waals surface area contributed by atoms with E-state index in [2.05, 4.69) is 34.6 Å². The molecule has 4 fully saturated rings. The molecule has 4 rings (SSSR count). The van der Waals surface area contributed by atoms with Crippen molar-refractivity contribution in [2.45, 2.75) is 117 Å². The molecular formula is C28H48O5. The summed E-state index contributed by atoms with van der Waals surface area (Å²) < 4.78 is 12.5. The zero-order chi connectivity index (χ0) is 24.1. The highest BCUT2D eigenvalue weighted by molar-refractivity contribution is 5.66. The Morgan fingerprint density at radius 1 is 1.06 bits per heavy atom. The first-order valence-electron chi connectivity index (χ1n) is 13.6. The van der Waals surface area contributed by atoms with Crippen LogP contribution in [0.3, 0.4) is 0 Å². The topological polar surface area (TPSA) is 76.0 Å². The molecule has 4 saturated carbocycles. The Morgan fingerprint density at radius 3 is 2.42 bits per heavy atom. The molecule has 4 aliphatic carbocycles. The summed E-state index contributed by atoms with van der Waals surface area (Å²) in [5.74, 6) is 1.99. The van der Waals surface area contributed by atoms with Gasteiger partial charge in [0.25, 0.3) is 0 Å². The molecule has 2 N–H and O–H groups in total. The first-order chi connectivity index (χ1) is 15.5. The van der Waals surface area contributed by atoms with E-state index in [0.29, 0.717) is 48.0 Å². The lowest BCUT2D eigenvalue weighted by Crippen LogP contribution is -2.63. The summed E-state index contributed by atoms with van der Waals surface area (Å²) in [5, 5.41) is 21.0. The first kappa shape index (κ1) is 25.4. The number of carboxylic acid groups (broad SMARTS) is 1. The second kappa shape index (κ2) is 9.43. The molecule has 0 bridgehead atoms. The molecular weight excluding hydrogens is 416 g/mol. The zero-order valence-corrected chi connectivity index (χ0v) is 21.8. The highest BCUT2D eigenvalue weighted by Gasteiger charge is 2.66. The highest BCUT2D eigenvalue weighted by Crippen LogP contribution is 2.68. The predicted octanol–water partition coefficient (Wildman–Crippen LogP) is 5.54. The molecule has 0 spiro atoms. The number of ether oxygens (including phenoxy) is 2. The zero-order valence-electron chi connectivity index (χ0n) is 21.8. The lowest BCUT2D eigenvalue weighted by atomic mass is 9.43. The fourth-order valence-corrected chi connectivity index (χ4v) is 9.35. The Labute approximate surface area is 201 Å². The maximum atomic E-state index is 11.8. The van der Waals surface area contributed by atoms with Crippen LogP contribution in [0.1, 0.15) is 92.4 Å². The summed E-state index contributed by atoms with van der Waals surface area (Å²) in [4.78, 5) is 11.2. The number of carboxylic acids is 1. The summed E-state index contributed by atoms with van der Waals surface area (Å²) >= 11 is 0. The molecule has 5 heteroatoms. The van der Waals surface area contributed by atoms with Crippen molar-refractivity contribution in [2.75, 3.05) is 7.11 Å². The third-order valence-electron chi connectivity index (χ3n) is 11.1. The summed E-state index contributed by atoms with van der Waals surface area (Å²) in [6, 6.07) is 0. The van der Waals surface area contributed by atoms with Crippen LogP contribution in [0.15, 0.2) is 0 Å². The lowest BCUT2D eigenvalue weighted by molar-refractivity contribution is -0.223. The van der Waals surface area contributed by atoms with Crippen LogP contribution in [0.4, 0.5) is 0 Å². The molecule has 0 amide bonds. The van der Waals surface area contributed by atoms with Crippen molar-refractivity contribution in [2.24, 2.45) is 46.3 Å². The Kier molecular flexibility index (Phi) is 7.27. The van der Waals surface area contributed by atoms with Crippen LogP contribution in [0.5, 0.6) is 0 Å². The third kappa shape index (κ3) is 4.29. The standard InChI is InChI=1S/C28H48O5/c1-16(2)33-23-14-18-13-19(32-6)11-12-27(18,4)22-15-24(29)28(5)20(8-9-21(28)26(22)23)17(3)7-10-25(30)31/h16-24,26,29H,7-15H2,1-6H3,(H,30,31). The quantitative estimate of drug-likeness (QED) is 0.518. The van der Waals surface area contributed by atoms with E-state index in [1.165, 1.54) is 6.42 Å². The van der Waals surface area contributed by atoms with Gasteiger partial charge in [-0.1, -0.05) is 20.8 Å². The van der Waals surface area contributed by atoms with Crippen LogP contribution >= 0.6 is 0 Å². The number of hydrogen-bond acceptors (Lipinski definition) is 4. The Balaban J connectivity index is 1.65. The van der Waals surface area contributed by atoms with Crippen LogP contribution in [-0.4, -0.2) is 47.7 Å². The highest BCUT2D eigenvalue weighted by atomic mass is 16.5. The van der Waals surface area contributed by atoms with Gasteiger partial charge in [0.15, 0.2) is 0 Å². The molecule has 33 heavy (non-hydrogen) atoms. The van der Waals surface area contributed by atoms with Crippen LogP contribution in [-0.2, 0) is 14.3 Å². The Hall–Kier alpha value is -0.650. The molecule has 190 valence electrons. The van der Waals surface area contributed by atoms with Gasteiger partial charge in [0.1, 0.15) is 0 Å². The van der Waals surface area contributed by atoms with Gasteiger partial charge in [-0.2, -0.15) is 0 Å². The average Bonchev–Trinajstić information content (AvgIpc) is 3.11. The largest absolute Gasteiger partial charge is 0.481 e. The summed E-state index contributed by atoms with van der Waals surface area (Å²) in [6.45, 7) is 11.4. The number of methoxy groups -OCH3 is 1.